The van der Waals surface area contributed by atoms with Gasteiger partial charge in [-0.25, -0.2) is 0 Å². The Bertz CT molecular complexity index is 339. The standard InChI is InChI=1S/C11H17BrN2O/c1-11(2,7-15-3)14-10-5-4-8(13)6-9(10)12/h4-6,14H,7,13H2,1-3H3. The molecule has 0 aliphatic heterocycles. The van der Waals surface area contributed by atoms with E-state index in [1.807, 2.05) is 18.2 Å². The summed E-state index contributed by atoms with van der Waals surface area (Å²) in [6.07, 6.45) is 0. The molecule has 4 heteroatoms. The highest BCUT2D eigenvalue weighted by Gasteiger charge is 2.17. The lowest BCUT2D eigenvalue weighted by Gasteiger charge is -2.27. The second kappa shape index (κ2) is 4.86. The zero-order valence-corrected chi connectivity index (χ0v) is 10.9. The number of anilines is 2. The van der Waals surface area contributed by atoms with Gasteiger partial charge in [0.15, 0.2) is 0 Å². The van der Waals surface area contributed by atoms with Crippen molar-refractivity contribution in [1.29, 1.82) is 0 Å². The van der Waals surface area contributed by atoms with Crippen LogP contribution in [0.1, 0.15) is 13.8 Å². The normalized spacial score (nSPS) is 11.5. The number of halogens is 1. The fourth-order valence-electron chi connectivity index (χ4n) is 1.39. The smallest absolute Gasteiger partial charge is 0.0687 e. The zero-order valence-electron chi connectivity index (χ0n) is 9.30. The van der Waals surface area contributed by atoms with Crippen LogP contribution in [-0.4, -0.2) is 19.3 Å². The lowest BCUT2D eigenvalue weighted by Crippen LogP contribution is -2.35. The van der Waals surface area contributed by atoms with Crippen molar-refractivity contribution in [2.45, 2.75) is 19.4 Å². The first-order valence-electron chi connectivity index (χ1n) is 4.77. The minimum absolute atomic E-state index is 0.104. The number of rotatable bonds is 4. The van der Waals surface area contributed by atoms with Crippen LogP contribution in [-0.2, 0) is 4.74 Å². The SMILES string of the molecule is COCC(C)(C)Nc1ccc(N)cc1Br. The van der Waals surface area contributed by atoms with Gasteiger partial charge in [0.05, 0.1) is 12.1 Å². The van der Waals surface area contributed by atoms with Gasteiger partial charge in [-0.15, -0.1) is 0 Å². The maximum Gasteiger partial charge on any atom is 0.0687 e. The van der Waals surface area contributed by atoms with Crippen LogP contribution in [0.3, 0.4) is 0 Å². The van der Waals surface area contributed by atoms with Crippen molar-refractivity contribution in [3.05, 3.63) is 22.7 Å². The zero-order chi connectivity index (χ0) is 11.5. The Morgan fingerprint density at radius 2 is 2.13 bits per heavy atom. The van der Waals surface area contributed by atoms with Gasteiger partial charge in [-0.2, -0.15) is 0 Å². The molecule has 0 atom stereocenters. The second-order valence-electron chi connectivity index (χ2n) is 4.18. The Balaban J connectivity index is 2.80. The van der Waals surface area contributed by atoms with Crippen molar-refractivity contribution in [2.75, 3.05) is 24.8 Å². The molecular formula is C11H17BrN2O. The predicted octanol–water partition coefficient (Wildman–Crippen LogP) is 2.87. The van der Waals surface area contributed by atoms with Crippen molar-refractivity contribution in [3.8, 4) is 0 Å². The van der Waals surface area contributed by atoms with E-state index < -0.39 is 0 Å². The summed E-state index contributed by atoms with van der Waals surface area (Å²) in [4.78, 5) is 0. The molecule has 0 saturated heterocycles. The number of nitrogens with two attached hydrogens (primary N) is 1. The molecule has 3 N–H and O–H groups in total. The molecule has 0 aliphatic carbocycles. The minimum Gasteiger partial charge on any atom is -0.399 e. The number of hydrogen-bond acceptors (Lipinski definition) is 3. The minimum atomic E-state index is -0.104. The van der Waals surface area contributed by atoms with E-state index in [1.54, 1.807) is 7.11 Å². The Morgan fingerprint density at radius 1 is 1.47 bits per heavy atom. The molecule has 84 valence electrons. The van der Waals surface area contributed by atoms with Gasteiger partial charge in [0.25, 0.3) is 0 Å². The van der Waals surface area contributed by atoms with Crippen molar-refractivity contribution < 1.29 is 4.74 Å². The lowest BCUT2D eigenvalue weighted by molar-refractivity contribution is 0.158. The van der Waals surface area contributed by atoms with E-state index in [9.17, 15) is 0 Å². The Morgan fingerprint density at radius 3 is 2.67 bits per heavy atom. The van der Waals surface area contributed by atoms with Gasteiger partial charge < -0.3 is 15.8 Å². The molecule has 15 heavy (non-hydrogen) atoms. The largest absolute Gasteiger partial charge is 0.399 e. The van der Waals surface area contributed by atoms with E-state index in [1.165, 1.54) is 0 Å². The van der Waals surface area contributed by atoms with Gasteiger partial charge >= 0.3 is 0 Å². The van der Waals surface area contributed by atoms with Crippen LogP contribution in [0.25, 0.3) is 0 Å². The fraction of sp³-hybridized carbons (Fsp3) is 0.455. The van der Waals surface area contributed by atoms with Gasteiger partial charge in [-0.1, -0.05) is 0 Å². The fourth-order valence-corrected chi connectivity index (χ4v) is 1.89. The van der Waals surface area contributed by atoms with E-state index in [0.29, 0.717) is 6.61 Å². The van der Waals surface area contributed by atoms with Crippen LogP contribution in [0.15, 0.2) is 22.7 Å². The van der Waals surface area contributed by atoms with E-state index in [-0.39, 0.29) is 5.54 Å². The molecule has 0 saturated carbocycles. The molecule has 0 amide bonds. The quantitative estimate of drug-likeness (QED) is 0.829. The second-order valence-corrected chi connectivity index (χ2v) is 5.04. The molecule has 0 spiro atoms. The average molecular weight is 273 g/mol. The Labute approximate surface area is 99.1 Å². The maximum atomic E-state index is 5.67. The molecule has 0 heterocycles. The van der Waals surface area contributed by atoms with Gasteiger partial charge in [-0.05, 0) is 48.0 Å². The monoisotopic (exact) mass is 272 g/mol. The number of methoxy groups -OCH3 is 1. The molecule has 0 unspecified atom stereocenters. The van der Waals surface area contributed by atoms with Crippen molar-refractivity contribution >= 4 is 27.3 Å². The maximum absolute atomic E-state index is 5.67. The molecule has 1 rings (SSSR count). The Hall–Kier alpha value is -0.740. The van der Waals surface area contributed by atoms with Crippen LogP contribution in [0, 0.1) is 0 Å². The number of nitrogens with one attached hydrogen (secondary N) is 1. The summed E-state index contributed by atoms with van der Waals surface area (Å²) in [7, 11) is 1.70. The molecule has 1 aromatic rings. The molecule has 1 aromatic carbocycles. The van der Waals surface area contributed by atoms with Crippen LogP contribution in [0.4, 0.5) is 11.4 Å². The van der Waals surface area contributed by atoms with Crippen molar-refractivity contribution in [2.24, 2.45) is 0 Å². The number of hydrogen-bond donors (Lipinski definition) is 2. The molecular weight excluding hydrogens is 256 g/mol. The molecule has 3 nitrogen and oxygen atoms in total. The molecule has 0 aromatic heterocycles. The highest BCUT2D eigenvalue weighted by molar-refractivity contribution is 9.10. The summed E-state index contributed by atoms with van der Waals surface area (Å²) in [5, 5.41) is 3.39. The van der Waals surface area contributed by atoms with Gasteiger partial charge in [-0.3, -0.25) is 0 Å². The predicted molar refractivity (Wildman–Crippen MR) is 68.1 cm³/mol. The number of ether oxygens (including phenoxy) is 1. The van der Waals surface area contributed by atoms with E-state index in [0.717, 1.165) is 15.8 Å². The molecule has 0 bridgehead atoms. The van der Waals surface area contributed by atoms with Gasteiger partial charge in [0, 0.05) is 23.0 Å². The summed E-state index contributed by atoms with van der Waals surface area (Å²) < 4.78 is 6.10. The van der Waals surface area contributed by atoms with Crippen LogP contribution in [0.5, 0.6) is 0 Å². The van der Waals surface area contributed by atoms with Crippen LogP contribution >= 0.6 is 15.9 Å². The first kappa shape index (κ1) is 12.3. The van der Waals surface area contributed by atoms with Crippen LogP contribution < -0.4 is 11.1 Å². The van der Waals surface area contributed by atoms with Crippen LogP contribution in [0.2, 0.25) is 0 Å². The highest BCUT2D eigenvalue weighted by atomic mass is 79.9. The summed E-state index contributed by atoms with van der Waals surface area (Å²) in [6, 6.07) is 5.71. The molecule has 0 radical (unpaired) electrons. The summed E-state index contributed by atoms with van der Waals surface area (Å²) in [6.45, 7) is 4.81. The first-order chi connectivity index (χ1) is 6.94. The van der Waals surface area contributed by atoms with Gasteiger partial charge in [0.1, 0.15) is 0 Å². The molecule has 0 aliphatic rings. The summed E-state index contributed by atoms with van der Waals surface area (Å²) in [5.74, 6) is 0. The third-order valence-electron chi connectivity index (χ3n) is 1.97. The van der Waals surface area contributed by atoms with E-state index in [2.05, 4.69) is 35.1 Å². The topological polar surface area (TPSA) is 47.3 Å². The number of benzene rings is 1. The average Bonchev–Trinajstić information content (AvgIpc) is 2.09. The lowest BCUT2D eigenvalue weighted by atomic mass is 10.1. The van der Waals surface area contributed by atoms with Gasteiger partial charge in [0.2, 0.25) is 0 Å². The van der Waals surface area contributed by atoms with Crippen molar-refractivity contribution in [3.63, 3.8) is 0 Å². The van der Waals surface area contributed by atoms with E-state index >= 15 is 0 Å². The first-order valence-corrected chi connectivity index (χ1v) is 5.56. The Kier molecular flexibility index (Phi) is 3.99. The third-order valence-corrected chi connectivity index (χ3v) is 2.63. The van der Waals surface area contributed by atoms with Crippen molar-refractivity contribution in [1.82, 2.24) is 0 Å². The summed E-state index contributed by atoms with van der Waals surface area (Å²) in [5.41, 5.74) is 7.33. The molecule has 0 fully saturated rings. The third kappa shape index (κ3) is 3.72. The number of nitrogen functional groups attached to an aromatic ring is 1. The van der Waals surface area contributed by atoms with E-state index in [4.69, 9.17) is 10.5 Å². The highest BCUT2D eigenvalue weighted by Crippen LogP contribution is 2.27. The summed E-state index contributed by atoms with van der Waals surface area (Å²) >= 11 is 3.47.